The van der Waals surface area contributed by atoms with Crippen LogP contribution in [0, 0.1) is 0 Å². The van der Waals surface area contributed by atoms with Crippen molar-refractivity contribution in [2.24, 2.45) is 20.0 Å². The van der Waals surface area contributed by atoms with Gasteiger partial charge in [0.15, 0.2) is 23.7 Å². The van der Waals surface area contributed by atoms with E-state index in [1.54, 1.807) is 0 Å². The number of rotatable bonds is 8. The minimum absolute atomic E-state index is 0.114. The molecule has 0 spiro atoms. The van der Waals surface area contributed by atoms with Crippen molar-refractivity contribution in [2.45, 2.75) is 79.9 Å². The van der Waals surface area contributed by atoms with E-state index in [9.17, 15) is 28.8 Å². The number of hydrogen-bond donors (Lipinski definition) is 0. The van der Waals surface area contributed by atoms with E-state index in [2.05, 4.69) is 20.0 Å². The summed E-state index contributed by atoms with van der Waals surface area (Å²) in [6.07, 6.45) is 8.91. The fourth-order valence-electron chi connectivity index (χ4n) is 4.92. The molecule has 2 saturated carbocycles. The van der Waals surface area contributed by atoms with Crippen LogP contribution in [-0.2, 0) is 28.8 Å². The van der Waals surface area contributed by atoms with Crippen LogP contribution in [0.1, 0.15) is 57.8 Å². The van der Waals surface area contributed by atoms with Gasteiger partial charge in [-0.2, -0.15) is 20.0 Å². The number of carbonyl (C=O) groups is 2. The summed E-state index contributed by atoms with van der Waals surface area (Å²) in [6.45, 7) is 0. The number of carbonyl (C=O) groups excluding carboxylic acids is 6. The molecule has 2 aliphatic rings. The van der Waals surface area contributed by atoms with E-state index in [1.807, 2.05) is 0 Å². The molecule has 0 saturated heterocycles. The molecule has 0 aliphatic heterocycles. The van der Waals surface area contributed by atoms with Crippen molar-refractivity contribution < 1.29 is 28.8 Å². The second-order valence-corrected chi connectivity index (χ2v) is 7.55. The molecule has 0 bridgehead atoms. The van der Waals surface area contributed by atoms with Crippen LogP contribution >= 0.6 is 0 Å². The first-order valence-corrected chi connectivity index (χ1v) is 9.28. The van der Waals surface area contributed by atoms with Gasteiger partial charge < -0.3 is 9.59 Å². The third-order valence-corrected chi connectivity index (χ3v) is 6.39. The zero-order chi connectivity index (χ0) is 21.4. The van der Waals surface area contributed by atoms with Gasteiger partial charge in [-0.3, -0.25) is 0 Å². The molecule has 2 aliphatic carbocycles. The number of hydrogen-bond acceptors (Lipinski definition) is 10. The second-order valence-electron chi connectivity index (χ2n) is 7.55. The third kappa shape index (κ3) is 3.51. The van der Waals surface area contributed by atoms with Crippen LogP contribution in [0.15, 0.2) is 20.0 Å². The van der Waals surface area contributed by atoms with Crippen molar-refractivity contribution in [3.63, 3.8) is 0 Å². The van der Waals surface area contributed by atoms with Crippen LogP contribution in [0.25, 0.3) is 0 Å². The van der Waals surface area contributed by atoms with E-state index in [4.69, 9.17) is 0 Å². The molecule has 0 amide bonds. The first-order chi connectivity index (χ1) is 14.0. The Balaban J connectivity index is 2.80. The number of aliphatic imine (C=N–C) groups is 4. The Morgan fingerprint density at radius 1 is 0.586 bits per heavy atom. The van der Waals surface area contributed by atoms with Crippen molar-refractivity contribution in [2.75, 3.05) is 0 Å². The maximum absolute atomic E-state index is 12.1. The lowest BCUT2D eigenvalue weighted by Gasteiger charge is -2.51. The fourth-order valence-corrected chi connectivity index (χ4v) is 4.92. The molecule has 0 heterocycles. The molecule has 10 nitrogen and oxygen atoms in total. The molecule has 0 aromatic rings. The Bertz CT molecular complexity index is 796. The zero-order valence-corrected chi connectivity index (χ0v) is 15.8. The number of isocyanates is 4. The summed E-state index contributed by atoms with van der Waals surface area (Å²) in [4.78, 5) is 84.3. The smallest absolute Gasteiger partial charge is 0.236 e. The molecule has 0 aromatic heterocycles. The monoisotopic (exact) mass is 400 g/mol. The maximum atomic E-state index is 12.1. The minimum Gasteiger partial charge on any atom is -0.301 e. The highest BCUT2D eigenvalue weighted by molar-refractivity contribution is 5.73. The van der Waals surface area contributed by atoms with Crippen LogP contribution in [-0.4, -0.2) is 59.0 Å². The van der Waals surface area contributed by atoms with Crippen molar-refractivity contribution in [1.82, 2.24) is 0 Å². The highest BCUT2D eigenvalue weighted by Crippen LogP contribution is 2.53. The maximum Gasteiger partial charge on any atom is 0.236 e. The number of aldehydes is 2. The van der Waals surface area contributed by atoms with Crippen LogP contribution in [0.2, 0.25) is 0 Å². The molecule has 2 rings (SSSR count). The van der Waals surface area contributed by atoms with Crippen LogP contribution < -0.4 is 0 Å². The Hall–Kier alpha value is -3.14. The van der Waals surface area contributed by atoms with Crippen molar-refractivity contribution >= 4 is 36.9 Å². The largest absolute Gasteiger partial charge is 0.301 e. The van der Waals surface area contributed by atoms with Gasteiger partial charge in [-0.15, -0.1) is 0 Å². The van der Waals surface area contributed by atoms with E-state index in [1.165, 1.54) is 24.3 Å². The summed E-state index contributed by atoms with van der Waals surface area (Å²) in [5, 5.41) is 0. The topological polar surface area (TPSA) is 152 Å². The van der Waals surface area contributed by atoms with Crippen LogP contribution in [0.5, 0.6) is 0 Å². The summed E-state index contributed by atoms with van der Waals surface area (Å²) in [5.74, 6) is 0. The predicted molar refractivity (Wildman–Crippen MR) is 97.1 cm³/mol. The summed E-state index contributed by atoms with van der Waals surface area (Å²) in [7, 11) is 0. The Morgan fingerprint density at radius 2 is 0.931 bits per heavy atom. The SMILES string of the molecule is O=C=NC1(C=O)CCCCC1(CC1(N=C=O)CCCCC1(C=O)N=C=O)N=C=O. The molecule has 0 N–H and O–H groups in total. The highest BCUT2D eigenvalue weighted by atomic mass is 16.1. The normalized spacial score (nSPS) is 36.1. The van der Waals surface area contributed by atoms with Gasteiger partial charge in [0.25, 0.3) is 0 Å². The quantitative estimate of drug-likeness (QED) is 0.339. The van der Waals surface area contributed by atoms with Gasteiger partial charge in [0, 0.05) is 6.42 Å². The lowest BCUT2D eigenvalue weighted by Crippen LogP contribution is -2.64. The van der Waals surface area contributed by atoms with Gasteiger partial charge in [-0.05, 0) is 25.7 Å². The molecular formula is C19H20N4O6. The van der Waals surface area contributed by atoms with Crippen LogP contribution in [0.3, 0.4) is 0 Å². The lowest BCUT2D eigenvalue weighted by atomic mass is 9.57. The average Bonchev–Trinajstić information content (AvgIpc) is 2.72. The Morgan fingerprint density at radius 3 is 1.24 bits per heavy atom. The van der Waals surface area contributed by atoms with E-state index in [0.717, 1.165) is 0 Å². The minimum atomic E-state index is -1.73. The van der Waals surface area contributed by atoms with Crippen molar-refractivity contribution in [3.8, 4) is 0 Å². The Labute approximate surface area is 166 Å². The summed E-state index contributed by atoms with van der Waals surface area (Å²) in [5.41, 5.74) is -6.66. The molecule has 4 atom stereocenters. The van der Waals surface area contributed by atoms with Gasteiger partial charge >= 0.3 is 0 Å². The summed E-state index contributed by atoms with van der Waals surface area (Å²) in [6, 6.07) is 0. The molecule has 10 heteroatoms. The third-order valence-electron chi connectivity index (χ3n) is 6.39. The average molecular weight is 400 g/mol. The van der Waals surface area contributed by atoms with Gasteiger partial charge in [0.05, 0.1) is 0 Å². The van der Waals surface area contributed by atoms with E-state index < -0.39 is 22.2 Å². The number of nitrogens with zero attached hydrogens (tertiary/aromatic N) is 4. The molecule has 0 aromatic carbocycles. The van der Waals surface area contributed by atoms with Crippen molar-refractivity contribution in [1.29, 1.82) is 0 Å². The fraction of sp³-hybridized carbons (Fsp3) is 0.684. The molecule has 2 fully saturated rings. The molecule has 152 valence electrons. The predicted octanol–water partition coefficient (Wildman–Crippen LogP) is 1.22. The summed E-state index contributed by atoms with van der Waals surface area (Å²) >= 11 is 0. The van der Waals surface area contributed by atoms with E-state index >= 15 is 0 Å². The standard InChI is InChI=1S/C19H20N4O6/c24-10-18(22-14-28)7-3-1-5-16(18,20-12-26)9-17(21-13-27)6-2-4-8-19(17,11-25)23-15-29/h10-11H,1-9H2. The highest BCUT2D eigenvalue weighted by Gasteiger charge is 2.63. The van der Waals surface area contributed by atoms with Gasteiger partial charge in [0.1, 0.15) is 11.1 Å². The molecule has 29 heavy (non-hydrogen) atoms. The van der Waals surface area contributed by atoms with Gasteiger partial charge in [-0.25, -0.2) is 19.2 Å². The molecule has 0 radical (unpaired) electrons. The van der Waals surface area contributed by atoms with E-state index in [0.29, 0.717) is 38.3 Å². The summed E-state index contributed by atoms with van der Waals surface area (Å²) < 4.78 is 0. The first-order valence-electron chi connectivity index (χ1n) is 9.28. The lowest BCUT2D eigenvalue weighted by molar-refractivity contribution is -0.118. The van der Waals surface area contributed by atoms with Crippen molar-refractivity contribution in [3.05, 3.63) is 0 Å². The van der Waals surface area contributed by atoms with Gasteiger partial charge in [-0.1, -0.05) is 25.7 Å². The molecular weight excluding hydrogens is 380 g/mol. The van der Waals surface area contributed by atoms with E-state index in [-0.39, 0.29) is 32.1 Å². The van der Waals surface area contributed by atoms with Gasteiger partial charge in [0.2, 0.25) is 24.3 Å². The zero-order valence-electron chi connectivity index (χ0n) is 15.8. The second kappa shape index (κ2) is 8.91. The first kappa shape index (κ1) is 22.2. The van der Waals surface area contributed by atoms with Crippen LogP contribution in [0.4, 0.5) is 0 Å². The Kier molecular flexibility index (Phi) is 6.80. The molecule has 4 unspecified atom stereocenters.